The van der Waals surface area contributed by atoms with Gasteiger partial charge in [0.15, 0.2) is 5.96 Å². The summed E-state index contributed by atoms with van der Waals surface area (Å²) in [6.07, 6.45) is 0. The Morgan fingerprint density at radius 2 is 1.85 bits per heavy atom. The highest BCUT2D eigenvalue weighted by Gasteiger charge is 1.94. The Hall–Kier alpha value is -0.870. The maximum atomic E-state index is 10.3. The van der Waals surface area contributed by atoms with Crippen molar-refractivity contribution in [2.24, 2.45) is 16.5 Å². The lowest BCUT2D eigenvalue weighted by atomic mass is 10.7. The molecule has 0 saturated heterocycles. The molecule has 1 unspecified atom stereocenters. The van der Waals surface area contributed by atoms with Gasteiger partial charge >= 0.3 is 5.97 Å². The van der Waals surface area contributed by atoms with Gasteiger partial charge in [0.2, 0.25) is 0 Å². The van der Waals surface area contributed by atoms with E-state index in [4.69, 9.17) is 11.5 Å². The third-order valence-electron chi connectivity index (χ3n) is 0.522. The normalized spacial score (nSPS) is 8.38. The van der Waals surface area contributed by atoms with Crippen LogP contribution >= 0.6 is 9.47 Å². The third-order valence-corrected chi connectivity index (χ3v) is 0.785. The average Bonchev–Trinajstić information content (AvgIpc) is 1.99. The first-order valence-corrected chi connectivity index (χ1v) is 3.93. The van der Waals surface area contributed by atoms with Crippen molar-refractivity contribution in [2.75, 3.05) is 27.7 Å². The Morgan fingerprint density at radius 3 is 2.08 bits per heavy atom. The molecule has 0 aliphatic rings. The van der Waals surface area contributed by atoms with Crippen LogP contribution in [0.2, 0.25) is 0 Å². The van der Waals surface area contributed by atoms with Crippen LogP contribution in [0.4, 0.5) is 0 Å². The Kier molecular flexibility index (Phi) is 10.4. The van der Waals surface area contributed by atoms with E-state index in [9.17, 15) is 4.79 Å². The summed E-state index contributed by atoms with van der Waals surface area (Å²) in [5, 5.41) is 0. The zero-order valence-corrected chi connectivity index (χ0v) is 9.30. The molecule has 0 rings (SSSR count). The monoisotopic (exact) mass is 208 g/mol. The van der Waals surface area contributed by atoms with Crippen molar-refractivity contribution in [3.8, 4) is 0 Å². The van der Waals surface area contributed by atoms with Crippen LogP contribution in [-0.4, -0.2) is 44.5 Å². The first kappa shape index (κ1) is 14.6. The molecule has 0 bridgehead atoms. The summed E-state index contributed by atoms with van der Waals surface area (Å²) >= 11 is 0. The number of carbonyl (C=O) groups excluding carboxylic acids is 1. The number of aliphatic imine (C=N–C) groups is 1. The predicted molar refractivity (Wildman–Crippen MR) is 56.1 cm³/mol. The van der Waals surface area contributed by atoms with E-state index in [0.717, 1.165) is 0 Å². The molecular formula is C6H17N4O2P. The standard InChI is InChI=1S/C3H8N3O2P.C3H9N/c4-3(5)6-1-2(7)8-9;1-4(2)3/h1,9H2,(H4,4,5,6);1-3H3. The summed E-state index contributed by atoms with van der Waals surface area (Å²) in [7, 11) is 7.80. The summed E-state index contributed by atoms with van der Waals surface area (Å²) in [4.78, 5) is 15.6. The van der Waals surface area contributed by atoms with E-state index >= 15 is 0 Å². The average molecular weight is 208 g/mol. The van der Waals surface area contributed by atoms with Crippen molar-refractivity contribution < 1.29 is 9.32 Å². The molecule has 0 radical (unpaired) electrons. The van der Waals surface area contributed by atoms with Crippen molar-refractivity contribution >= 4 is 21.4 Å². The molecule has 0 amide bonds. The molecule has 0 heterocycles. The molecule has 7 heteroatoms. The summed E-state index contributed by atoms with van der Waals surface area (Å²) < 4.78 is 4.16. The van der Waals surface area contributed by atoms with E-state index in [1.807, 2.05) is 26.0 Å². The molecule has 0 aromatic rings. The topological polar surface area (TPSA) is 93.9 Å². The molecule has 78 valence electrons. The van der Waals surface area contributed by atoms with E-state index in [-0.39, 0.29) is 12.5 Å². The van der Waals surface area contributed by atoms with Gasteiger partial charge in [0.1, 0.15) is 6.54 Å². The summed E-state index contributed by atoms with van der Waals surface area (Å²) in [5.74, 6) is -0.612. The minimum Gasteiger partial charge on any atom is -0.450 e. The predicted octanol–water partition coefficient (Wildman–Crippen LogP) is -1.23. The second kappa shape index (κ2) is 9.22. The molecule has 1 atom stereocenters. The summed E-state index contributed by atoms with van der Waals surface area (Å²) in [6.45, 7) is -0.133. The van der Waals surface area contributed by atoms with Gasteiger partial charge < -0.3 is 20.9 Å². The van der Waals surface area contributed by atoms with Crippen LogP contribution in [-0.2, 0) is 9.32 Å². The van der Waals surface area contributed by atoms with Crippen LogP contribution < -0.4 is 11.5 Å². The quantitative estimate of drug-likeness (QED) is 0.336. The number of carbonyl (C=O) groups is 1. The molecule has 0 aliphatic heterocycles. The fraction of sp³-hybridized carbons (Fsp3) is 0.667. The zero-order chi connectivity index (χ0) is 10.9. The Balaban J connectivity index is 0. The fourth-order valence-electron chi connectivity index (χ4n) is 0.193. The molecule has 13 heavy (non-hydrogen) atoms. The SMILES string of the molecule is CN(C)C.NC(N)=NCC(=O)OP. The van der Waals surface area contributed by atoms with Gasteiger partial charge in [-0.3, -0.25) is 0 Å². The van der Waals surface area contributed by atoms with Crippen molar-refractivity contribution in [3.05, 3.63) is 0 Å². The summed E-state index contributed by atoms with van der Waals surface area (Å²) in [6, 6.07) is 0. The van der Waals surface area contributed by atoms with Crippen molar-refractivity contribution in [3.63, 3.8) is 0 Å². The van der Waals surface area contributed by atoms with Crippen molar-refractivity contribution in [2.45, 2.75) is 0 Å². The lowest BCUT2D eigenvalue weighted by Crippen LogP contribution is -2.24. The number of nitrogens with zero attached hydrogens (tertiary/aromatic N) is 2. The Labute approximate surface area is 80.6 Å². The minimum absolute atomic E-state index is 0.120. The maximum Gasteiger partial charge on any atom is 0.329 e. The first-order chi connectivity index (χ1) is 5.90. The molecular weight excluding hydrogens is 191 g/mol. The summed E-state index contributed by atoms with van der Waals surface area (Å²) in [5.41, 5.74) is 9.82. The van der Waals surface area contributed by atoms with Crippen LogP contribution in [0.3, 0.4) is 0 Å². The fourth-order valence-corrected chi connectivity index (χ4v) is 0.268. The van der Waals surface area contributed by atoms with Gasteiger partial charge in [-0.2, -0.15) is 0 Å². The largest absolute Gasteiger partial charge is 0.450 e. The van der Waals surface area contributed by atoms with E-state index < -0.39 is 5.97 Å². The number of hydrogen-bond donors (Lipinski definition) is 2. The molecule has 0 spiro atoms. The van der Waals surface area contributed by atoms with Gasteiger partial charge in [0, 0.05) is 0 Å². The van der Waals surface area contributed by atoms with Crippen molar-refractivity contribution in [1.29, 1.82) is 0 Å². The lowest BCUT2D eigenvalue weighted by molar-refractivity contribution is -0.131. The Bertz CT molecular complexity index is 165. The number of hydrogen-bond acceptors (Lipinski definition) is 4. The van der Waals surface area contributed by atoms with Crippen molar-refractivity contribution in [1.82, 2.24) is 4.90 Å². The van der Waals surface area contributed by atoms with Gasteiger partial charge in [-0.15, -0.1) is 0 Å². The molecule has 0 aliphatic carbocycles. The molecule has 0 fully saturated rings. The molecule has 0 saturated carbocycles. The number of guanidine groups is 1. The Morgan fingerprint density at radius 1 is 1.46 bits per heavy atom. The molecule has 6 nitrogen and oxygen atoms in total. The molecule has 4 N–H and O–H groups in total. The smallest absolute Gasteiger partial charge is 0.329 e. The van der Waals surface area contributed by atoms with Crippen LogP contribution in [0.15, 0.2) is 4.99 Å². The van der Waals surface area contributed by atoms with Gasteiger partial charge in [0.05, 0.1) is 9.47 Å². The van der Waals surface area contributed by atoms with E-state index in [0.29, 0.717) is 0 Å². The lowest BCUT2D eigenvalue weighted by Gasteiger charge is -1.91. The van der Waals surface area contributed by atoms with E-state index in [1.54, 1.807) is 9.47 Å². The van der Waals surface area contributed by atoms with Crippen LogP contribution in [0.25, 0.3) is 0 Å². The third kappa shape index (κ3) is 24.7. The molecule has 0 aromatic heterocycles. The molecule has 0 aromatic carbocycles. The zero-order valence-electron chi connectivity index (χ0n) is 8.15. The highest BCUT2D eigenvalue weighted by Crippen LogP contribution is 1.85. The number of nitrogens with two attached hydrogens (primary N) is 2. The van der Waals surface area contributed by atoms with Gasteiger partial charge in [-0.25, -0.2) is 9.79 Å². The highest BCUT2D eigenvalue weighted by atomic mass is 31.0. The van der Waals surface area contributed by atoms with E-state index in [1.165, 1.54) is 0 Å². The van der Waals surface area contributed by atoms with Crippen LogP contribution in [0, 0.1) is 0 Å². The maximum absolute atomic E-state index is 10.3. The highest BCUT2D eigenvalue weighted by molar-refractivity contribution is 7.10. The van der Waals surface area contributed by atoms with Gasteiger partial charge in [-0.05, 0) is 21.1 Å². The van der Waals surface area contributed by atoms with E-state index in [2.05, 4.69) is 9.52 Å². The first-order valence-electron chi connectivity index (χ1n) is 3.46. The van der Waals surface area contributed by atoms with Gasteiger partial charge in [0.25, 0.3) is 0 Å². The second-order valence-electron chi connectivity index (χ2n) is 2.57. The van der Waals surface area contributed by atoms with Crippen LogP contribution in [0.5, 0.6) is 0 Å². The van der Waals surface area contributed by atoms with Gasteiger partial charge in [-0.1, -0.05) is 0 Å². The minimum atomic E-state index is -0.492. The second-order valence-corrected chi connectivity index (χ2v) is 2.81. The number of rotatable bonds is 2. The van der Waals surface area contributed by atoms with Crippen LogP contribution in [0.1, 0.15) is 0 Å².